The number of ether oxygens (including phenoxy) is 2. The third-order valence-corrected chi connectivity index (χ3v) is 4.41. The first kappa shape index (κ1) is 18.8. The van der Waals surface area contributed by atoms with Gasteiger partial charge in [-0.2, -0.15) is 0 Å². The number of hydrogen-bond acceptors (Lipinski definition) is 3. The molecule has 0 fully saturated rings. The smallest absolute Gasteiger partial charge is 0.251 e. The van der Waals surface area contributed by atoms with Gasteiger partial charge in [-0.25, -0.2) is 0 Å². The summed E-state index contributed by atoms with van der Waals surface area (Å²) in [7, 11) is 3.30. The van der Waals surface area contributed by atoms with Crippen LogP contribution in [-0.2, 0) is 0 Å². The van der Waals surface area contributed by atoms with Crippen LogP contribution < -0.4 is 14.8 Å². The number of aryl methyl sites for hydroxylation is 1. The maximum absolute atomic E-state index is 12.5. The Balaban J connectivity index is 2.23. The highest BCUT2D eigenvalue weighted by atomic mass is 16.5. The Morgan fingerprint density at radius 1 is 0.960 bits per heavy atom. The third-order valence-electron chi connectivity index (χ3n) is 4.41. The Morgan fingerprint density at radius 3 is 2.12 bits per heavy atom. The average Bonchev–Trinajstić information content (AvgIpc) is 2.60. The van der Waals surface area contributed by atoms with Gasteiger partial charge in [0, 0.05) is 5.56 Å². The second-order valence-corrected chi connectivity index (χ2v) is 6.53. The van der Waals surface area contributed by atoms with Gasteiger partial charge in [-0.15, -0.1) is 0 Å². The van der Waals surface area contributed by atoms with E-state index in [4.69, 9.17) is 9.47 Å². The highest BCUT2D eigenvalue weighted by Crippen LogP contribution is 2.32. The zero-order valence-electron chi connectivity index (χ0n) is 15.8. The maximum Gasteiger partial charge on any atom is 0.251 e. The molecule has 4 nitrogen and oxygen atoms in total. The van der Waals surface area contributed by atoms with Crippen LogP contribution in [-0.4, -0.2) is 20.1 Å². The first-order valence-electron chi connectivity index (χ1n) is 8.50. The minimum atomic E-state index is -0.100. The van der Waals surface area contributed by atoms with Crippen LogP contribution in [0.2, 0.25) is 0 Å². The molecule has 0 aromatic heterocycles. The molecule has 4 heteroatoms. The average molecular weight is 341 g/mol. The monoisotopic (exact) mass is 341 g/mol. The molecular formula is C21H27NO3. The predicted octanol–water partition coefficient (Wildman–Crippen LogP) is 4.63. The van der Waals surface area contributed by atoms with E-state index in [2.05, 4.69) is 25.2 Å². The van der Waals surface area contributed by atoms with Gasteiger partial charge in [-0.1, -0.05) is 13.8 Å². The van der Waals surface area contributed by atoms with E-state index in [1.165, 1.54) is 0 Å². The minimum Gasteiger partial charge on any atom is -0.497 e. The summed E-state index contributed by atoms with van der Waals surface area (Å²) >= 11 is 0. The molecule has 1 atom stereocenters. The molecule has 0 radical (unpaired) electrons. The number of carbonyl (C=O) groups is 1. The molecule has 0 spiro atoms. The molecule has 0 aliphatic carbocycles. The van der Waals surface area contributed by atoms with Crippen LogP contribution in [0.5, 0.6) is 11.5 Å². The molecule has 0 saturated carbocycles. The van der Waals surface area contributed by atoms with Crippen molar-refractivity contribution in [3.8, 4) is 11.5 Å². The van der Waals surface area contributed by atoms with Gasteiger partial charge in [0.2, 0.25) is 0 Å². The summed E-state index contributed by atoms with van der Waals surface area (Å²) in [4.78, 5) is 12.5. The van der Waals surface area contributed by atoms with Gasteiger partial charge in [-0.05, 0) is 72.9 Å². The summed E-state index contributed by atoms with van der Waals surface area (Å²) in [5, 5.41) is 3.07. The van der Waals surface area contributed by atoms with Crippen LogP contribution in [0, 0.1) is 6.92 Å². The summed E-state index contributed by atoms with van der Waals surface area (Å²) in [6.45, 7) is 8.31. The van der Waals surface area contributed by atoms with Gasteiger partial charge in [-0.3, -0.25) is 4.79 Å². The second kappa shape index (κ2) is 8.06. The van der Waals surface area contributed by atoms with Crippen LogP contribution in [0.3, 0.4) is 0 Å². The summed E-state index contributed by atoms with van der Waals surface area (Å²) in [5.41, 5.74) is 3.96. The number of rotatable bonds is 6. The Hall–Kier alpha value is -2.49. The molecule has 0 bridgehead atoms. The van der Waals surface area contributed by atoms with E-state index in [0.29, 0.717) is 11.5 Å². The number of benzene rings is 2. The van der Waals surface area contributed by atoms with E-state index < -0.39 is 0 Å². The van der Waals surface area contributed by atoms with Crippen LogP contribution in [0.15, 0.2) is 36.4 Å². The van der Waals surface area contributed by atoms with E-state index in [1.54, 1.807) is 38.5 Å². The normalized spacial score (nSPS) is 12.0. The molecule has 0 aliphatic rings. The lowest BCUT2D eigenvalue weighted by atomic mass is 9.93. The molecule has 2 aromatic rings. The Bertz CT molecular complexity index is 736. The summed E-state index contributed by atoms with van der Waals surface area (Å²) < 4.78 is 10.6. The third kappa shape index (κ3) is 4.32. The number of carbonyl (C=O) groups excluding carboxylic acids is 1. The SMILES string of the molecule is COc1ccc(C(=O)NC(C)c2cc(C(C)C)c(OC)cc2C)cc1. The van der Waals surface area contributed by atoms with Gasteiger partial charge >= 0.3 is 0 Å². The Labute approximate surface area is 150 Å². The fourth-order valence-corrected chi connectivity index (χ4v) is 2.91. The summed E-state index contributed by atoms with van der Waals surface area (Å²) in [6, 6.07) is 11.2. The largest absolute Gasteiger partial charge is 0.497 e. The lowest BCUT2D eigenvalue weighted by molar-refractivity contribution is 0.0940. The molecule has 25 heavy (non-hydrogen) atoms. The van der Waals surface area contributed by atoms with Gasteiger partial charge < -0.3 is 14.8 Å². The van der Waals surface area contributed by atoms with Crippen LogP contribution >= 0.6 is 0 Å². The maximum atomic E-state index is 12.5. The van der Waals surface area contributed by atoms with Gasteiger partial charge in [0.15, 0.2) is 0 Å². The van der Waals surface area contributed by atoms with E-state index in [1.807, 2.05) is 19.9 Å². The van der Waals surface area contributed by atoms with Crippen LogP contribution in [0.25, 0.3) is 0 Å². The molecule has 134 valence electrons. The number of amides is 1. The number of nitrogens with one attached hydrogen (secondary N) is 1. The fourth-order valence-electron chi connectivity index (χ4n) is 2.91. The molecular weight excluding hydrogens is 314 g/mol. The zero-order chi connectivity index (χ0) is 18.6. The topological polar surface area (TPSA) is 47.6 Å². The highest BCUT2D eigenvalue weighted by Gasteiger charge is 2.17. The summed E-state index contributed by atoms with van der Waals surface area (Å²) in [6.07, 6.45) is 0. The van der Waals surface area contributed by atoms with Gasteiger partial charge in [0.05, 0.1) is 20.3 Å². The Kier molecular flexibility index (Phi) is 6.07. The van der Waals surface area contributed by atoms with E-state index in [-0.39, 0.29) is 11.9 Å². The van der Waals surface area contributed by atoms with Gasteiger partial charge in [0.25, 0.3) is 5.91 Å². The zero-order valence-corrected chi connectivity index (χ0v) is 15.8. The molecule has 1 N–H and O–H groups in total. The van der Waals surface area contributed by atoms with Crippen molar-refractivity contribution in [3.63, 3.8) is 0 Å². The lowest BCUT2D eigenvalue weighted by Gasteiger charge is -2.21. The van der Waals surface area contributed by atoms with Crippen LogP contribution in [0.1, 0.15) is 59.8 Å². The van der Waals surface area contributed by atoms with Crippen molar-refractivity contribution < 1.29 is 14.3 Å². The molecule has 0 aliphatic heterocycles. The van der Waals surface area contributed by atoms with Crippen molar-refractivity contribution in [3.05, 3.63) is 58.7 Å². The van der Waals surface area contributed by atoms with Crippen molar-refractivity contribution in [1.82, 2.24) is 5.32 Å². The summed E-state index contributed by atoms with van der Waals surface area (Å²) in [5.74, 6) is 1.87. The van der Waals surface area contributed by atoms with E-state index in [0.717, 1.165) is 28.2 Å². The highest BCUT2D eigenvalue weighted by molar-refractivity contribution is 5.94. The van der Waals surface area contributed by atoms with Crippen molar-refractivity contribution in [2.24, 2.45) is 0 Å². The number of methoxy groups -OCH3 is 2. The standard InChI is InChI=1S/C21H27NO3/c1-13(2)18-12-19(14(3)11-20(18)25-6)15(4)22-21(23)16-7-9-17(24-5)10-8-16/h7-13,15H,1-6H3,(H,22,23). The van der Waals surface area contributed by atoms with E-state index in [9.17, 15) is 4.79 Å². The van der Waals surface area contributed by atoms with Crippen molar-refractivity contribution >= 4 is 5.91 Å². The number of hydrogen-bond donors (Lipinski definition) is 1. The molecule has 0 heterocycles. The molecule has 1 unspecified atom stereocenters. The van der Waals surface area contributed by atoms with Crippen molar-refractivity contribution in [1.29, 1.82) is 0 Å². The quantitative estimate of drug-likeness (QED) is 0.833. The van der Waals surface area contributed by atoms with Gasteiger partial charge in [0.1, 0.15) is 11.5 Å². The lowest BCUT2D eigenvalue weighted by Crippen LogP contribution is -2.27. The first-order chi connectivity index (χ1) is 11.9. The predicted molar refractivity (Wildman–Crippen MR) is 101 cm³/mol. The van der Waals surface area contributed by atoms with E-state index >= 15 is 0 Å². The van der Waals surface area contributed by atoms with Crippen molar-refractivity contribution in [2.75, 3.05) is 14.2 Å². The second-order valence-electron chi connectivity index (χ2n) is 6.53. The fraction of sp³-hybridized carbons (Fsp3) is 0.381. The molecule has 0 saturated heterocycles. The minimum absolute atomic E-state index is 0.0991. The van der Waals surface area contributed by atoms with Crippen molar-refractivity contribution in [2.45, 2.75) is 39.7 Å². The molecule has 2 rings (SSSR count). The van der Waals surface area contributed by atoms with Crippen LogP contribution in [0.4, 0.5) is 0 Å². The Morgan fingerprint density at radius 2 is 1.60 bits per heavy atom. The molecule has 1 amide bonds. The molecule has 2 aromatic carbocycles. The first-order valence-corrected chi connectivity index (χ1v) is 8.50.